The molecule has 0 radical (unpaired) electrons. The van der Waals surface area contributed by atoms with Crippen molar-refractivity contribution in [2.75, 3.05) is 29.9 Å². The van der Waals surface area contributed by atoms with Crippen LogP contribution in [0.1, 0.15) is 24.8 Å². The van der Waals surface area contributed by atoms with Crippen LogP contribution in [0.4, 0.5) is 17.1 Å². The van der Waals surface area contributed by atoms with E-state index in [1.807, 2.05) is 30.3 Å². The standard InChI is InChI=1S/C24H26N4O5/c1-16-20(8-5-9-21(16)28(32)33)25-23(30)17-10-12-26(13-11-17)24(31)18-14-22(29)27(15-18)19-6-3-2-4-7-19/h2-9,17-18H,10-15H2,1H3,(H,25,30). The molecular formula is C24H26N4O5. The summed E-state index contributed by atoms with van der Waals surface area (Å²) in [7, 11) is 0. The highest BCUT2D eigenvalue weighted by molar-refractivity contribution is 6.00. The van der Waals surface area contributed by atoms with Crippen LogP contribution in [0, 0.1) is 28.9 Å². The van der Waals surface area contributed by atoms with Crippen molar-refractivity contribution in [3.63, 3.8) is 0 Å². The van der Waals surface area contributed by atoms with Crippen LogP contribution < -0.4 is 10.2 Å². The number of benzene rings is 2. The van der Waals surface area contributed by atoms with Crippen LogP contribution in [0.3, 0.4) is 0 Å². The first kappa shape index (κ1) is 22.4. The van der Waals surface area contributed by atoms with Gasteiger partial charge in [-0.05, 0) is 38.0 Å². The van der Waals surface area contributed by atoms with Gasteiger partial charge in [-0.15, -0.1) is 0 Å². The van der Waals surface area contributed by atoms with Gasteiger partial charge >= 0.3 is 0 Å². The Morgan fingerprint density at radius 2 is 1.73 bits per heavy atom. The summed E-state index contributed by atoms with van der Waals surface area (Å²) in [5.41, 5.74) is 1.60. The first-order valence-corrected chi connectivity index (χ1v) is 11.0. The molecule has 2 aliphatic heterocycles. The average Bonchev–Trinajstić information content (AvgIpc) is 3.22. The Labute approximate surface area is 191 Å². The number of carbonyl (C=O) groups excluding carboxylic acids is 3. The van der Waals surface area contributed by atoms with Gasteiger partial charge < -0.3 is 15.1 Å². The number of para-hydroxylation sites is 1. The number of hydrogen-bond donors (Lipinski definition) is 1. The van der Waals surface area contributed by atoms with Gasteiger partial charge in [0.05, 0.1) is 22.1 Å². The van der Waals surface area contributed by atoms with E-state index >= 15 is 0 Å². The molecule has 1 N–H and O–H groups in total. The fourth-order valence-electron chi connectivity index (χ4n) is 4.54. The molecule has 2 heterocycles. The smallest absolute Gasteiger partial charge is 0.274 e. The molecule has 33 heavy (non-hydrogen) atoms. The number of amides is 3. The molecule has 2 aliphatic rings. The van der Waals surface area contributed by atoms with Gasteiger partial charge in [0.2, 0.25) is 17.7 Å². The van der Waals surface area contributed by atoms with Crippen LogP contribution in [-0.4, -0.2) is 47.2 Å². The van der Waals surface area contributed by atoms with Gasteiger partial charge in [0, 0.05) is 43.7 Å². The van der Waals surface area contributed by atoms with Crippen molar-refractivity contribution in [1.82, 2.24) is 4.90 Å². The lowest BCUT2D eigenvalue weighted by molar-refractivity contribution is -0.385. The lowest BCUT2D eigenvalue weighted by atomic mass is 9.94. The van der Waals surface area contributed by atoms with Crippen molar-refractivity contribution in [3.8, 4) is 0 Å². The predicted octanol–water partition coefficient (Wildman–Crippen LogP) is 3.13. The summed E-state index contributed by atoms with van der Waals surface area (Å²) >= 11 is 0. The molecule has 1 atom stereocenters. The summed E-state index contributed by atoms with van der Waals surface area (Å²) < 4.78 is 0. The number of nitrogens with one attached hydrogen (secondary N) is 1. The van der Waals surface area contributed by atoms with E-state index < -0.39 is 4.92 Å². The second kappa shape index (κ2) is 9.40. The highest BCUT2D eigenvalue weighted by atomic mass is 16.6. The highest BCUT2D eigenvalue weighted by Gasteiger charge is 2.38. The maximum atomic E-state index is 13.0. The average molecular weight is 450 g/mol. The third-order valence-electron chi connectivity index (χ3n) is 6.48. The Morgan fingerprint density at radius 3 is 2.39 bits per heavy atom. The second-order valence-electron chi connectivity index (χ2n) is 8.54. The molecule has 9 nitrogen and oxygen atoms in total. The zero-order valence-electron chi connectivity index (χ0n) is 18.4. The molecule has 2 saturated heterocycles. The van der Waals surface area contributed by atoms with Crippen molar-refractivity contribution in [1.29, 1.82) is 0 Å². The largest absolute Gasteiger partial charge is 0.342 e. The number of nitro benzene ring substituents is 1. The molecule has 0 spiro atoms. The quantitative estimate of drug-likeness (QED) is 0.555. The maximum absolute atomic E-state index is 13.0. The van der Waals surface area contributed by atoms with Crippen molar-refractivity contribution >= 4 is 34.8 Å². The number of nitro groups is 1. The minimum atomic E-state index is -0.470. The third-order valence-corrected chi connectivity index (χ3v) is 6.48. The Kier molecular flexibility index (Phi) is 6.39. The number of carbonyl (C=O) groups is 3. The van der Waals surface area contributed by atoms with Crippen molar-refractivity contribution in [2.45, 2.75) is 26.2 Å². The van der Waals surface area contributed by atoms with Gasteiger partial charge in [0.15, 0.2) is 0 Å². The van der Waals surface area contributed by atoms with Crippen LogP contribution in [-0.2, 0) is 14.4 Å². The van der Waals surface area contributed by atoms with E-state index in [0.29, 0.717) is 43.7 Å². The van der Waals surface area contributed by atoms with E-state index in [-0.39, 0.29) is 41.7 Å². The SMILES string of the molecule is Cc1c(NC(=O)C2CCN(C(=O)C3CC(=O)N(c4ccccc4)C3)CC2)cccc1[N+](=O)[O-]. The van der Waals surface area contributed by atoms with Gasteiger partial charge in [0.1, 0.15) is 0 Å². The topological polar surface area (TPSA) is 113 Å². The number of rotatable bonds is 5. The van der Waals surface area contributed by atoms with E-state index in [0.717, 1.165) is 5.69 Å². The molecule has 172 valence electrons. The molecule has 0 aromatic heterocycles. The molecule has 3 amide bonds. The lowest BCUT2D eigenvalue weighted by Crippen LogP contribution is -2.44. The normalized spacial score (nSPS) is 18.9. The van der Waals surface area contributed by atoms with Crippen LogP contribution in [0.25, 0.3) is 0 Å². The molecule has 9 heteroatoms. The Morgan fingerprint density at radius 1 is 1.03 bits per heavy atom. The predicted molar refractivity (Wildman–Crippen MR) is 123 cm³/mol. The first-order chi connectivity index (χ1) is 15.8. The minimum Gasteiger partial charge on any atom is -0.342 e. The Bertz CT molecular complexity index is 1080. The number of anilines is 2. The summed E-state index contributed by atoms with van der Waals surface area (Å²) in [4.78, 5) is 52.3. The van der Waals surface area contributed by atoms with Gasteiger partial charge in [0.25, 0.3) is 5.69 Å². The summed E-state index contributed by atoms with van der Waals surface area (Å²) in [6.45, 7) is 2.87. The molecule has 2 fully saturated rings. The molecule has 0 aliphatic carbocycles. The van der Waals surface area contributed by atoms with E-state index in [1.165, 1.54) is 6.07 Å². The van der Waals surface area contributed by atoms with Gasteiger partial charge in [-0.1, -0.05) is 24.3 Å². The van der Waals surface area contributed by atoms with Gasteiger partial charge in [-0.3, -0.25) is 24.5 Å². The number of hydrogen-bond acceptors (Lipinski definition) is 5. The molecular weight excluding hydrogens is 424 g/mol. The molecule has 1 unspecified atom stereocenters. The van der Waals surface area contributed by atoms with Crippen LogP contribution >= 0.6 is 0 Å². The van der Waals surface area contributed by atoms with Crippen LogP contribution in [0.2, 0.25) is 0 Å². The second-order valence-corrected chi connectivity index (χ2v) is 8.54. The zero-order valence-corrected chi connectivity index (χ0v) is 18.4. The maximum Gasteiger partial charge on any atom is 0.274 e. The van der Waals surface area contributed by atoms with E-state index in [4.69, 9.17) is 0 Å². The summed E-state index contributed by atoms with van der Waals surface area (Å²) in [6, 6.07) is 13.9. The monoisotopic (exact) mass is 450 g/mol. The molecule has 2 aromatic carbocycles. The van der Waals surface area contributed by atoms with Crippen molar-refractivity contribution in [2.24, 2.45) is 11.8 Å². The molecule has 4 rings (SSSR count). The molecule has 2 aromatic rings. The van der Waals surface area contributed by atoms with E-state index in [2.05, 4.69) is 5.32 Å². The Balaban J connectivity index is 1.32. The van der Waals surface area contributed by atoms with Crippen LogP contribution in [0.5, 0.6) is 0 Å². The third kappa shape index (κ3) is 4.72. The summed E-state index contributed by atoms with van der Waals surface area (Å²) in [5, 5.41) is 13.9. The summed E-state index contributed by atoms with van der Waals surface area (Å²) in [5.74, 6) is -0.956. The Hall–Kier alpha value is -3.75. The van der Waals surface area contributed by atoms with Crippen molar-refractivity contribution in [3.05, 3.63) is 64.2 Å². The number of nitrogens with zero attached hydrogens (tertiary/aromatic N) is 3. The van der Waals surface area contributed by atoms with Crippen molar-refractivity contribution < 1.29 is 19.3 Å². The zero-order chi connectivity index (χ0) is 23.5. The lowest BCUT2D eigenvalue weighted by Gasteiger charge is -2.33. The number of likely N-dealkylation sites (tertiary alicyclic amines) is 1. The van der Waals surface area contributed by atoms with Gasteiger partial charge in [-0.2, -0.15) is 0 Å². The first-order valence-electron chi connectivity index (χ1n) is 11.0. The van der Waals surface area contributed by atoms with E-state index in [9.17, 15) is 24.5 Å². The highest BCUT2D eigenvalue weighted by Crippen LogP contribution is 2.29. The number of piperidine rings is 1. The van der Waals surface area contributed by atoms with Gasteiger partial charge in [-0.25, -0.2) is 0 Å². The van der Waals surface area contributed by atoms with E-state index in [1.54, 1.807) is 28.9 Å². The minimum absolute atomic E-state index is 0.0381. The molecule has 0 bridgehead atoms. The molecule has 0 saturated carbocycles. The van der Waals surface area contributed by atoms with Crippen LogP contribution in [0.15, 0.2) is 48.5 Å². The fraction of sp³-hybridized carbons (Fsp3) is 0.375. The fourth-order valence-corrected chi connectivity index (χ4v) is 4.54. The summed E-state index contributed by atoms with van der Waals surface area (Å²) in [6.07, 6.45) is 1.21.